The second-order valence-corrected chi connectivity index (χ2v) is 7.08. The van der Waals surface area contributed by atoms with Crippen LogP contribution in [-0.2, 0) is 6.54 Å². The molecule has 1 heterocycles. The molecule has 1 aromatic rings. The number of piperazine rings is 1. The fraction of sp³-hybridized carbons (Fsp3) is 0.650. The van der Waals surface area contributed by atoms with E-state index in [2.05, 4.69) is 62.3 Å². The van der Waals surface area contributed by atoms with Crippen LogP contribution in [-0.4, -0.2) is 79.6 Å². The highest BCUT2D eigenvalue weighted by atomic mass is 127. The van der Waals surface area contributed by atoms with Gasteiger partial charge in [-0.15, -0.1) is 24.0 Å². The predicted molar refractivity (Wildman–Crippen MR) is 120 cm³/mol. The van der Waals surface area contributed by atoms with Crippen molar-refractivity contribution >= 4 is 29.9 Å². The van der Waals surface area contributed by atoms with Gasteiger partial charge in [0.15, 0.2) is 5.96 Å². The summed E-state index contributed by atoms with van der Waals surface area (Å²) in [5.74, 6) is 1.06. The number of hydrogen-bond acceptors (Lipinski definition) is 3. The largest absolute Gasteiger partial charge is 0.355 e. The Kier molecular flexibility index (Phi) is 9.15. The van der Waals surface area contributed by atoms with Crippen LogP contribution in [0.3, 0.4) is 0 Å². The van der Waals surface area contributed by atoms with Crippen LogP contribution in [0, 0.1) is 0 Å². The first kappa shape index (κ1) is 21.4. The molecule has 1 N–H and O–H groups in total. The highest BCUT2D eigenvalue weighted by Crippen LogP contribution is 2.25. The maximum atomic E-state index is 4.50. The lowest BCUT2D eigenvalue weighted by Gasteiger charge is -2.36. The Bertz CT molecular complexity index is 538. The van der Waals surface area contributed by atoms with Crippen molar-refractivity contribution in [3.8, 4) is 0 Å². The van der Waals surface area contributed by atoms with Gasteiger partial charge in [-0.05, 0) is 24.9 Å². The normalized spacial score (nSPS) is 18.7. The molecule has 2 aliphatic rings. The van der Waals surface area contributed by atoms with E-state index in [1.165, 1.54) is 18.4 Å². The lowest BCUT2D eigenvalue weighted by Crippen LogP contribution is -2.53. The molecule has 1 saturated heterocycles. The Morgan fingerprint density at radius 3 is 2.42 bits per heavy atom. The van der Waals surface area contributed by atoms with Crippen LogP contribution in [0.1, 0.15) is 25.3 Å². The predicted octanol–water partition coefficient (Wildman–Crippen LogP) is 2.48. The summed E-state index contributed by atoms with van der Waals surface area (Å²) in [7, 11) is 1.90. The van der Waals surface area contributed by atoms with Crippen molar-refractivity contribution in [1.82, 2.24) is 20.0 Å². The van der Waals surface area contributed by atoms with Gasteiger partial charge in [-0.1, -0.05) is 37.3 Å². The molecule has 1 aromatic carbocycles. The van der Waals surface area contributed by atoms with Crippen molar-refractivity contribution in [3.05, 3.63) is 35.9 Å². The van der Waals surface area contributed by atoms with Crippen molar-refractivity contribution in [2.24, 2.45) is 4.99 Å². The molecule has 2 fully saturated rings. The second-order valence-electron chi connectivity index (χ2n) is 7.08. The molecule has 1 saturated carbocycles. The number of guanidine groups is 1. The number of likely N-dealkylation sites (N-methyl/N-ethyl adjacent to an activating group) is 1. The second kappa shape index (κ2) is 11.1. The maximum Gasteiger partial charge on any atom is 0.193 e. The van der Waals surface area contributed by atoms with E-state index in [0.717, 1.165) is 64.4 Å². The minimum Gasteiger partial charge on any atom is -0.355 e. The SMILES string of the molecule is CCN(CCNC(=NC)N1CCN(Cc2ccccc2)CC1)C1CC1.I. The van der Waals surface area contributed by atoms with E-state index in [1.807, 2.05) is 7.05 Å². The highest BCUT2D eigenvalue weighted by molar-refractivity contribution is 14.0. The quantitative estimate of drug-likeness (QED) is 0.377. The zero-order chi connectivity index (χ0) is 17.5. The van der Waals surface area contributed by atoms with Crippen molar-refractivity contribution in [1.29, 1.82) is 0 Å². The first-order valence-corrected chi connectivity index (χ1v) is 9.76. The summed E-state index contributed by atoms with van der Waals surface area (Å²) >= 11 is 0. The molecule has 0 atom stereocenters. The Hall–Kier alpha value is -0.860. The lowest BCUT2D eigenvalue weighted by atomic mass is 10.2. The molecule has 1 aliphatic carbocycles. The molecule has 5 nitrogen and oxygen atoms in total. The van der Waals surface area contributed by atoms with Crippen molar-refractivity contribution in [2.45, 2.75) is 32.4 Å². The monoisotopic (exact) mass is 471 g/mol. The van der Waals surface area contributed by atoms with Gasteiger partial charge in [0.25, 0.3) is 0 Å². The summed E-state index contributed by atoms with van der Waals surface area (Å²) in [6.07, 6.45) is 2.76. The van der Waals surface area contributed by atoms with Gasteiger partial charge in [-0.2, -0.15) is 0 Å². The van der Waals surface area contributed by atoms with Gasteiger partial charge in [-0.3, -0.25) is 14.8 Å². The van der Waals surface area contributed by atoms with Gasteiger partial charge in [0.2, 0.25) is 0 Å². The number of hydrogen-bond donors (Lipinski definition) is 1. The Labute approximate surface area is 175 Å². The van der Waals surface area contributed by atoms with Crippen LogP contribution >= 0.6 is 24.0 Å². The van der Waals surface area contributed by atoms with E-state index < -0.39 is 0 Å². The smallest absolute Gasteiger partial charge is 0.193 e. The van der Waals surface area contributed by atoms with Gasteiger partial charge >= 0.3 is 0 Å². The molecule has 1 aliphatic heterocycles. The van der Waals surface area contributed by atoms with Gasteiger partial charge in [0.05, 0.1) is 0 Å². The molecule has 0 radical (unpaired) electrons. The molecule has 0 spiro atoms. The molecule has 0 unspecified atom stereocenters. The van der Waals surface area contributed by atoms with Crippen LogP contribution in [0.15, 0.2) is 35.3 Å². The minimum atomic E-state index is 0. The average Bonchev–Trinajstić information content (AvgIpc) is 3.49. The van der Waals surface area contributed by atoms with Crippen molar-refractivity contribution in [3.63, 3.8) is 0 Å². The van der Waals surface area contributed by atoms with E-state index in [9.17, 15) is 0 Å². The number of benzene rings is 1. The summed E-state index contributed by atoms with van der Waals surface area (Å²) in [6, 6.07) is 11.6. The Balaban J connectivity index is 0.00000243. The summed E-state index contributed by atoms with van der Waals surface area (Å²) in [5, 5.41) is 3.57. The van der Waals surface area contributed by atoms with E-state index >= 15 is 0 Å². The van der Waals surface area contributed by atoms with Crippen LogP contribution in [0.4, 0.5) is 0 Å². The number of nitrogens with one attached hydrogen (secondary N) is 1. The molecular weight excluding hydrogens is 437 g/mol. The van der Waals surface area contributed by atoms with E-state index in [0.29, 0.717) is 0 Å². The van der Waals surface area contributed by atoms with Gasteiger partial charge < -0.3 is 10.2 Å². The first-order chi connectivity index (χ1) is 12.3. The van der Waals surface area contributed by atoms with Crippen LogP contribution in [0.25, 0.3) is 0 Å². The van der Waals surface area contributed by atoms with Gasteiger partial charge in [0.1, 0.15) is 0 Å². The van der Waals surface area contributed by atoms with Crippen LogP contribution in [0.2, 0.25) is 0 Å². The fourth-order valence-electron chi connectivity index (χ4n) is 3.64. The van der Waals surface area contributed by atoms with Crippen LogP contribution < -0.4 is 5.32 Å². The summed E-state index contributed by atoms with van der Waals surface area (Å²) in [5.41, 5.74) is 1.40. The fourth-order valence-corrected chi connectivity index (χ4v) is 3.64. The number of halogens is 1. The third-order valence-corrected chi connectivity index (χ3v) is 5.28. The number of aliphatic imine (C=N–C) groups is 1. The molecule has 146 valence electrons. The molecular formula is C20H34IN5. The van der Waals surface area contributed by atoms with Gasteiger partial charge in [0, 0.05) is 58.9 Å². The molecule has 0 amide bonds. The van der Waals surface area contributed by atoms with Gasteiger partial charge in [-0.25, -0.2) is 0 Å². The zero-order valence-electron chi connectivity index (χ0n) is 16.2. The summed E-state index contributed by atoms with van der Waals surface area (Å²) in [4.78, 5) is 12.0. The third-order valence-electron chi connectivity index (χ3n) is 5.28. The Morgan fingerprint density at radius 1 is 1.15 bits per heavy atom. The molecule has 0 bridgehead atoms. The highest BCUT2D eigenvalue weighted by Gasteiger charge is 2.27. The third kappa shape index (κ3) is 6.39. The maximum absolute atomic E-state index is 4.50. The van der Waals surface area contributed by atoms with Crippen LogP contribution in [0.5, 0.6) is 0 Å². The minimum absolute atomic E-state index is 0. The average molecular weight is 471 g/mol. The van der Waals surface area contributed by atoms with E-state index in [1.54, 1.807) is 0 Å². The number of rotatable bonds is 7. The standard InChI is InChI=1S/C20H33N5.HI/c1-3-24(19-9-10-19)12-11-22-20(21-2)25-15-13-23(14-16-25)17-18-7-5-4-6-8-18;/h4-8,19H,3,9-17H2,1-2H3,(H,21,22);1H. The van der Waals surface area contributed by atoms with E-state index in [4.69, 9.17) is 0 Å². The molecule has 6 heteroatoms. The van der Waals surface area contributed by atoms with Crippen molar-refractivity contribution in [2.75, 3.05) is 52.9 Å². The first-order valence-electron chi connectivity index (χ1n) is 9.76. The summed E-state index contributed by atoms with van der Waals surface area (Å²) < 4.78 is 0. The van der Waals surface area contributed by atoms with Crippen molar-refractivity contribution < 1.29 is 0 Å². The molecule has 3 rings (SSSR count). The lowest BCUT2D eigenvalue weighted by molar-refractivity contribution is 0.172. The topological polar surface area (TPSA) is 34.1 Å². The molecule has 26 heavy (non-hydrogen) atoms. The van der Waals surface area contributed by atoms with E-state index in [-0.39, 0.29) is 24.0 Å². The Morgan fingerprint density at radius 2 is 1.85 bits per heavy atom. The number of nitrogens with zero attached hydrogens (tertiary/aromatic N) is 4. The molecule has 0 aromatic heterocycles. The zero-order valence-corrected chi connectivity index (χ0v) is 18.6. The summed E-state index contributed by atoms with van der Waals surface area (Å²) in [6.45, 7) is 10.9.